The summed E-state index contributed by atoms with van der Waals surface area (Å²) in [5, 5.41) is 2.73. The van der Waals surface area contributed by atoms with Crippen LogP contribution in [0.15, 0.2) is 46.1 Å². The van der Waals surface area contributed by atoms with Gasteiger partial charge in [0.1, 0.15) is 11.7 Å². The number of hydrogen-bond acceptors (Lipinski definition) is 7. The van der Waals surface area contributed by atoms with Crippen LogP contribution in [0.25, 0.3) is 0 Å². The van der Waals surface area contributed by atoms with Crippen LogP contribution in [0.2, 0.25) is 0 Å². The first-order chi connectivity index (χ1) is 13.8. The highest BCUT2D eigenvalue weighted by Gasteiger charge is 2.35. The van der Waals surface area contributed by atoms with Crippen molar-refractivity contribution in [3.63, 3.8) is 0 Å². The topological polar surface area (TPSA) is 81.1 Å². The number of aliphatic imine (C=N–C) groups is 1. The number of aryl methyl sites for hydroxylation is 2. The molecule has 8 heteroatoms. The first kappa shape index (κ1) is 20.7. The zero-order valence-corrected chi connectivity index (χ0v) is 17.9. The number of nitrogens with zero attached hydrogens (tertiary/aromatic N) is 3. The van der Waals surface area contributed by atoms with Gasteiger partial charge in [-0.3, -0.25) is 9.69 Å². The fraction of sp³-hybridized carbons (Fsp3) is 0.333. The summed E-state index contributed by atoms with van der Waals surface area (Å²) >= 11 is 1.48. The lowest BCUT2D eigenvalue weighted by atomic mass is 10.00. The number of benzene rings is 1. The molecule has 0 N–H and O–H groups in total. The van der Waals surface area contributed by atoms with Crippen molar-refractivity contribution in [3.8, 4) is 0 Å². The Balaban J connectivity index is 2.17. The first-order valence-electron chi connectivity index (χ1n) is 9.24. The van der Waals surface area contributed by atoms with Crippen LogP contribution in [-0.2, 0) is 14.3 Å². The van der Waals surface area contributed by atoms with Crippen LogP contribution in [0.4, 0.5) is 4.79 Å². The molecule has 0 saturated carbocycles. The van der Waals surface area contributed by atoms with Gasteiger partial charge >= 0.3 is 6.16 Å². The Bertz CT molecular complexity index is 1010. The molecule has 1 unspecified atom stereocenters. The van der Waals surface area contributed by atoms with Crippen molar-refractivity contribution in [2.75, 3.05) is 6.61 Å². The van der Waals surface area contributed by atoms with E-state index in [2.05, 4.69) is 4.98 Å². The number of rotatable bonds is 4. The summed E-state index contributed by atoms with van der Waals surface area (Å²) in [6.45, 7) is 8.92. The quantitative estimate of drug-likeness (QED) is 0.689. The Morgan fingerprint density at radius 1 is 1.24 bits per heavy atom. The molecule has 0 fully saturated rings. The van der Waals surface area contributed by atoms with Crippen LogP contribution in [0.1, 0.15) is 48.6 Å². The van der Waals surface area contributed by atoms with Gasteiger partial charge in [0, 0.05) is 12.3 Å². The summed E-state index contributed by atoms with van der Waals surface area (Å²) < 4.78 is 10.5. The third kappa shape index (κ3) is 4.37. The van der Waals surface area contributed by atoms with Crippen LogP contribution in [0.3, 0.4) is 0 Å². The van der Waals surface area contributed by atoms with Crippen molar-refractivity contribution in [2.45, 2.75) is 40.7 Å². The van der Waals surface area contributed by atoms with Gasteiger partial charge in [-0.1, -0.05) is 29.8 Å². The van der Waals surface area contributed by atoms with Crippen LogP contribution >= 0.6 is 11.3 Å². The van der Waals surface area contributed by atoms with Gasteiger partial charge in [-0.05, 0) is 33.3 Å². The summed E-state index contributed by atoms with van der Waals surface area (Å²) in [5.41, 5.74) is 2.98. The fourth-order valence-electron chi connectivity index (χ4n) is 3.17. The zero-order chi connectivity index (χ0) is 21.1. The number of hydrogen-bond donors (Lipinski definition) is 0. The van der Waals surface area contributed by atoms with E-state index in [1.165, 1.54) is 23.2 Å². The maximum atomic E-state index is 12.5. The standard InChI is InChI=1S/C21H23N3O4S/c1-6-27-21(26)28-19-13(3)24(15(5)25)20(17-11-29-14(4)22-17)23-18(19)16-9-7-8-12(2)10-16/h7-11,18H,6H2,1-5H3. The lowest BCUT2D eigenvalue weighted by Crippen LogP contribution is -2.39. The fourth-order valence-corrected chi connectivity index (χ4v) is 3.76. The molecule has 0 saturated heterocycles. The van der Waals surface area contributed by atoms with Crippen LogP contribution in [0.5, 0.6) is 0 Å². The average molecular weight is 413 g/mol. The molecule has 7 nitrogen and oxygen atoms in total. The third-order valence-corrected chi connectivity index (χ3v) is 5.15. The van der Waals surface area contributed by atoms with E-state index >= 15 is 0 Å². The smallest absolute Gasteiger partial charge is 0.434 e. The second-order valence-electron chi connectivity index (χ2n) is 6.61. The Labute approximate surface area is 173 Å². The second kappa shape index (κ2) is 8.57. The van der Waals surface area contributed by atoms with E-state index in [9.17, 15) is 9.59 Å². The number of allylic oxidation sites excluding steroid dienone is 1. The van der Waals surface area contributed by atoms with Crippen LogP contribution < -0.4 is 0 Å². The number of ether oxygens (including phenoxy) is 2. The summed E-state index contributed by atoms with van der Waals surface area (Å²) in [6.07, 6.45) is -0.828. The maximum Gasteiger partial charge on any atom is 0.513 e. The molecule has 0 radical (unpaired) electrons. The Hall–Kier alpha value is -3.00. The van der Waals surface area contributed by atoms with Crippen molar-refractivity contribution >= 4 is 29.2 Å². The van der Waals surface area contributed by atoms with Crippen molar-refractivity contribution < 1.29 is 19.1 Å². The van der Waals surface area contributed by atoms with Gasteiger partial charge in [0.2, 0.25) is 5.91 Å². The number of amides is 1. The van der Waals surface area contributed by atoms with E-state index in [-0.39, 0.29) is 18.3 Å². The van der Waals surface area contributed by atoms with Crippen molar-refractivity contribution in [1.29, 1.82) is 0 Å². The molecule has 2 heterocycles. The third-order valence-electron chi connectivity index (χ3n) is 4.38. The highest BCUT2D eigenvalue weighted by molar-refractivity contribution is 7.09. The summed E-state index contributed by atoms with van der Waals surface area (Å²) in [7, 11) is 0. The van der Waals surface area contributed by atoms with Gasteiger partial charge in [-0.2, -0.15) is 0 Å². The molecule has 29 heavy (non-hydrogen) atoms. The lowest BCUT2D eigenvalue weighted by molar-refractivity contribution is -0.124. The number of carbonyl (C=O) groups is 2. The normalized spacial score (nSPS) is 16.5. The molecular formula is C21H23N3O4S. The SMILES string of the molecule is CCOC(=O)OC1=C(C)N(C(C)=O)C(c2csc(C)n2)=NC1c1cccc(C)c1. The average Bonchev–Trinajstić information content (AvgIpc) is 3.09. The van der Waals surface area contributed by atoms with Gasteiger partial charge < -0.3 is 9.47 Å². The van der Waals surface area contributed by atoms with Crippen molar-refractivity contribution in [2.24, 2.45) is 4.99 Å². The van der Waals surface area contributed by atoms with Crippen LogP contribution in [-0.4, -0.2) is 34.4 Å². The summed E-state index contributed by atoms with van der Waals surface area (Å²) in [4.78, 5) is 35.3. The van der Waals surface area contributed by atoms with Gasteiger partial charge in [0.15, 0.2) is 11.6 Å². The van der Waals surface area contributed by atoms with Crippen LogP contribution in [0, 0.1) is 13.8 Å². The highest BCUT2D eigenvalue weighted by atomic mass is 32.1. The maximum absolute atomic E-state index is 12.5. The predicted octanol–water partition coefficient (Wildman–Crippen LogP) is 4.51. The number of amidine groups is 1. The molecule has 1 amide bonds. The lowest BCUT2D eigenvalue weighted by Gasteiger charge is -2.32. The molecule has 2 aromatic rings. The summed E-state index contributed by atoms with van der Waals surface area (Å²) in [5.74, 6) is 0.446. The summed E-state index contributed by atoms with van der Waals surface area (Å²) in [6, 6.07) is 7.18. The molecule has 0 aliphatic carbocycles. The Kier molecular flexibility index (Phi) is 6.12. The van der Waals surface area contributed by atoms with E-state index in [4.69, 9.17) is 14.5 Å². The van der Waals surface area contributed by atoms with Crippen molar-refractivity contribution in [1.82, 2.24) is 9.88 Å². The molecule has 152 valence electrons. The minimum Gasteiger partial charge on any atom is -0.434 e. The Morgan fingerprint density at radius 3 is 2.59 bits per heavy atom. The number of thiazole rings is 1. The van der Waals surface area contributed by atoms with Crippen molar-refractivity contribution in [3.05, 3.63) is 62.9 Å². The van der Waals surface area contributed by atoms with Gasteiger partial charge in [-0.25, -0.2) is 14.8 Å². The van der Waals surface area contributed by atoms with E-state index in [1.54, 1.807) is 13.8 Å². The highest BCUT2D eigenvalue weighted by Crippen LogP contribution is 2.36. The van der Waals surface area contributed by atoms with E-state index in [0.29, 0.717) is 17.2 Å². The largest absolute Gasteiger partial charge is 0.513 e. The minimum absolute atomic E-state index is 0.184. The monoisotopic (exact) mass is 413 g/mol. The molecule has 1 aliphatic heterocycles. The molecule has 0 spiro atoms. The predicted molar refractivity (Wildman–Crippen MR) is 111 cm³/mol. The second-order valence-corrected chi connectivity index (χ2v) is 7.67. The molecule has 1 aromatic heterocycles. The van der Waals surface area contributed by atoms with E-state index in [0.717, 1.165) is 16.1 Å². The number of aromatic nitrogens is 1. The van der Waals surface area contributed by atoms with E-state index in [1.807, 2.05) is 43.5 Å². The Morgan fingerprint density at radius 2 is 2.00 bits per heavy atom. The number of carbonyl (C=O) groups excluding carboxylic acids is 2. The molecule has 3 rings (SSSR count). The minimum atomic E-state index is -0.828. The molecule has 1 aromatic carbocycles. The molecule has 1 aliphatic rings. The zero-order valence-electron chi connectivity index (χ0n) is 17.1. The van der Waals surface area contributed by atoms with Gasteiger partial charge in [0.25, 0.3) is 0 Å². The van der Waals surface area contributed by atoms with Gasteiger partial charge in [0.05, 0.1) is 17.3 Å². The van der Waals surface area contributed by atoms with Gasteiger partial charge in [-0.15, -0.1) is 11.3 Å². The molecule has 1 atom stereocenters. The molecule has 0 bridgehead atoms. The molecular weight excluding hydrogens is 390 g/mol. The van der Waals surface area contributed by atoms with E-state index < -0.39 is 12.2 Å². The first-order valence-corrected chi connectivity index (χ1v) is 10.1.